The number of rotatable bonds is 6. The molecule has 2 fully saturated rings. The van der Waals surface area contributed by atoms with E-state index in [2.05, 4.69) is 56.1 Å². The molecule has 0 spiro atoms. The molecule has 0 unspecified atom stereocenters. The predicted molar refractivity (Wildman–Crippen MR) is 121 cm³/mol. The monoisotopic (exact) mass is 405 g/mol. The van der Waals surface area contributed by atoms with Crippen LogP contribution in [0.1, 0.15) is 23.1 Å². The molecule has 0 bridgehead atoms. The Morgan fingerprint density at radius 1 is 0.867 bits per heavy atom. The summed E-state index contributed by atoms with van der Waals surface area (Å²) in [5.74, 6) is 1.08. The number of aromatic nitrogens is 1. The van der Waals surface area contributed by atoms with Crippen molar-refractivity contribution in [3.8, 4) is 0 Å². The molecule has 5 rings (SSSR count). The Kier molecular flexibility index (Phi) is 6.06. The van der Waals surface area contributed by atoms with Gasteiger partial charge in [0, 0.05) is 56.6 Å². The van der Waals surface area contributed by atoms with Crippen molar-refractivity contribution in [1.29, 1.82) is 0 Å². The average Bonchev–Trinajstić information content (AvgIpc) is 3.25. The zero-order chi connectivity index (χ0) is 20.2. The van der Waals surface area contributed by atoms with Gasteiger partial charge in [-0.15, -0.1) is 0 Å². The lowest BCUT2D eigenvalue weighted by atomic mass is 10.0. The van der Waals surface area contributed by atoms with Gasteiger partial charge in [-0.2, -0.15) is 0 Å². The third kappa shape index (κ3) is 4.41. The van der Waals surface area contributed by atoms with E-state index in [1.165, 1.54) is 36.2 Å². The highest BCUT2D eigenvalue weighted by molar-refractivity contribution is 6.15. The molecule has 0 atom stereocenters. The number of piperazine rings is 1. The lowest BCUT2D eigenvalue weighted by Crippen LogP contribution is -2.47. The van der Waals surface area contributed by atoms with Crippen molar-refractivity contribution < 1.29 is 4.74 Å². The van der Waals surface area contributed by atoms with Gasteiger partial charge in [0.15, 0.2) is 0 Å². The molecule has 0 saturated carbocycles. The van der Waals surface area contributed by atoms with E-state index in [0.717, 1.165) is 70.6 Å². The first-order valence-corrected chi connectivity index (χ1v) is 11.2. The van der Waals surface area contributed by atoms with Crippen LogP contribution < -0.4 is 4.90 Å². The van der Waals surface area contributed by atoms with Crippen LogP contribution in [-0.2, 0) is 11.3 Å². The number of aliphatic imine (C=N–C) groups is 1. The summed E-state index contributed by atoms with van der Waals surface area (Å²) in [5, 5.41) is 0. The van der Waals surface area contributed by atoms with Crippen molar-refractivity contribution >= 4 is 11.5 Å². The Hall–Kier alpha value is -2.28. The van der Waals surface area contributed by atoms with Crippen LogP contribution in [0.15, 0.2) is 47.6 Å². The number of hydrogen-bond acceptors (Lipinski definition) is 6. The van der Waals surface area contributed by atoms with Crippen LogP contribution in [0.3, 0.4) is 0 Å². The summed E-state index contributed by atoms with van der Waals surface area (Å²) in [6.07, 6.45) is 3.18. The maximum atomic E-state index is 5.44. The summed E-state index contributed by atoms with van der Waals surface area (Å²) in [6, 6.07) is 12.8. The fourth-order valence-electron chi connectivity index (χ4n) is 4.67. The number of hydrogen-bond donors (Lipinski definition) is 0. The van der Waals surface area contributed by atoms with Crippen molar-refractivity contribution in [3.05, 3.63) is 59.3 Å². The quantitative estimate of drug-likeness (QED) is 0.738. The fraction of sp³-hybridized carbons (Fsp3) is 0.500. The van der Waals surface area contributed by atoms with Gasteiger partial charge in [0.05, 0.1) is 25.5 Å². The minimum absolute atomic E-state index is 0.784. The smallest absolute Gasteiger partial charge is 0.129 e. The molecule has 3 aliphatic rings. The highest BCUT2D eigenvalue weighted by atomic mass is 16.5. The molecule has 0 N–H and O–H groups in total. The van der Waals surface area contributed by atoms with E-state index in [1.54, 1.807) is 0 Å². The SMILES string of the molecule is c1ccc2c(c1)CN=C2c1ccnc(N2CCN(CCCN3CCOCC3)CC2)c1. The Bertz CT molecular complexity index is 885. The molecule has 4 heterocycles. The first kappa shape index (κ1) is 19.7. The minimum Gasteiger partial charge on any atom is -0.379 e. The van der Waals surface area contributed by atoms with Gasteiger partial charge in [-0.25, -0.2) is 4.98 Å². The van der Waals surface area contributed by atoms with Gasteiger partial charge in [0.2, 0.25) is 0 Å². The number of nitrogens with zero attached hydrogens (tertiary/aromatic N) is 5. The minimum atomic E-state index is 0.784. The Morgan fingerprint density at radius 2 is 1.63 bits per heavy atom. The topological polar surface area (TPSA) is 44.2 Å². The van der Waals surface area contributed by atoms with Crippen LogP contribution in [0, 0.1) is 0 Å². The number of ether oxygens (including phenoxy) is 1. The number of morpholine rings is 1. The van der Waals surface area contributed by atoms with Crippen LogP contribution >= 0.6 is 0 Å². The third-order valence-electron chi connectivity index (χ3n) is 6.45. The maximum Gasteiger partial charge on any atom is 0.129 e. The van der Waals surface area contributed by atoms with Gasteiger partial charge in [0.1, 0.15) is 5.82 Å². The fourth-order valence-corrected chi connectivity index (χ4v) is 4.67. The van der Waals surface area contributed by atoms with E-state index >= 15 is 0 Å². The van der Waals surface area contributed by atoms with Gasteiger partial charge in [-0.1, -0.05) is 24.3 Å². The van der Waals surface area contributed by atoms with Crippen molar-refractivity contribution in [1.82, 2.24) is 14.8 Å². The molecular formula is C24H31N5O. The van der Waals surface area contributed by atoms with Crippen LogP contribution in [0.5, 0.6) is 0 Å². The first-order valence-electron chi connectivity index (χ1n) is 11.2. The van der Waals surface area contributed by atoms with Gasteiger partial charge < -0.3 is 9.64 Å². The number of benzene rings is 1. The Balaban J connectivity index is 1.15. The maximum absolute atomic E-state index is 5.44. The number of fused-ring (bicyclic) bond motifs is 1. The molecule has 30 heavy (non-hydrogen) atoms. The van der Waals surface area contributed by atoms with E-state index in [4.69, 9.17) is 9.73 Å². The summed E-state index contributed by atoms with van der Waals surface area (Å²) in [6.45, 7) is 11.4. The normalized spacial score (nSPS) is 20.3. The van der Waals surface area contributed by atoms with Crippen LogP contribution in [0.2, 0.25) is 0 Å². The Labute approximate surface area is 179 Å². The molecule has 0 radical (unpaired) electrons. The first-order chi connectivity index (χ1) is 14.9. The standard InChI is InChI=1S/C24H31N5O/c1-2-5-22-21(4-1)19-26-24(22)20-6-7-25-23(18-20)29-12-10-27(11-13-29)8-3-9-28-14-16-30-17-15-28/h1-2,4-7,18H,3,8-17,19H2. The average molecular weight is 406 g/mol. The molecule has 0 amide bonds. The summed E-state index contributed by atoms with van der Waals surface area (Å²) in [7, 11) is 0. The number of anilines is 1. The van der Waals surface area contributed by atoms with E-state index in [-0.39, 0.29) is 0 Å². The lowest BCUT2D eigenvalue weighted by molar-refractivity contribution is 0.0360. The van der Waals surface area contributed by atoms with Crippen LogP contribution in [-0.4, -0.2) is 86.1 Å². The summed E-state index contributed by atoms with van der Waals surface area (Å²) < 4.78 is 5.44. The molecule has 158 valence electrons. The highest BCUT2D eigenvalue weighted by Gasteiger charge is 2.21. The predicted octanol–water partition coefficient (Wildman–Crippen LogP) is 2.28. The van der Waals surface area contributed by atoms with Crippen molar-refractivity contribution in [2.75, 3.05) is 70.5 Å². The second kappa shape index (κ2) is 9.25. The van der Waals surface area contributed by atoms with Crippen LogP contribution in [0.4, 0.5) is 5.82 Å². The van der Waals surface area contributed by atoms with Crippen LogP contribution in [0.25, 0.3) is 0 Å². The second-order valence-corrected chi connectivity index (χ2v) is 8.36. The molecule has 0 aliphatic carbocycles. The van der Waals surface area contributed by atoms with Gasteiger partial charge in [0.25, 0.3) is 0 Å². The van der Waals surface area contributed by atoms with Crippen molar-refractivity contribution in [3.63, 3.8) is 0 Å². The molecule has 2 aromatic rings. The van der Waals surface area contributed by atoms with E-state index < -0.39 is 0 Å². The molecule has 1 aromatic carbocycles. The molecule has 2 saturated heterocycles. The third-order valence-corrected chi connectivity index (χ3v) is 6.45. The summed E-state index contributed by atoms with van der Waals surface area (Å²) in [5.41, 5.74) is 4.87. The van der Waals surface area contributed by atoms with Gasteiger partial charge >= 0.3 is 0 Å². The van der Waals surface area contributed by atoms with E-state index in [1.807, 2.05) is 6.20 Å². The van der Waals surface area contributed by atoms with E-state index in [9.17, 15) is 0 Å². The number of pyridine rings is 1. The molecule has 3 aliphatic heterocycles. The highest BCUT2D eigenvalue weighted by Crippen LogP contribution is 2.24. The molecular weight excluding hydrogens is 374 g/mol. The molecule has 6 heteroatoms. The lowest BCUT2D eigenvalue weighted by Gasteiger charge is -2.36. The molecule has 6 nitrogen and oxygen atoms in total. The zero-order valence-electron chi connectivity index (χ0n) is 17.7. The van der Waals surface area contributed by atoms with Crippen molar-refractivity contribution in [2.24, 2.45) is 4.99 Å². The Morgan fingerprint density at radius 3 is 2.47 bits per heavy atom. The van der Waals surface area contributed by atoms with Gasteiger partial charge in [-0.05, 0) is 37.2 Å². The summed E-state index contributed by atoms with van der Waals surface area (Å²) in [4.78, 5) is 17.0. The summed E-state index contributed by atoms with van der Waals surface area (Å²) >= 11 is 0. The second-order valence-electron chi connectivity index (χ2n) is 8.36. The zero-order valence-corrected chi connectivity index (χ0v) is 17.7. The molecule has 1 aromatic heterocycles. The van der Waals surface area contributed by atoms with E-state index in [0.29, 0.717) is 0 Å². The largest absolute Gasteiger partial charge is 0.379 e. The van der Waals surface area contributed by atoms with Crippen molar-refractivity contribution in [2.45, 2.75) is 13.0 Å². The van der Waals surface area contributed by atoms with Gasteiger partial charge in [-0.3, -0.25) is 14.8 Å².